The van der Waals surface area contributed by atoms with Crippen LogP contribution in [0.25, 0.3) is 16.1 Å². The van der Waals surface area contributed by atoms with Crippen LogP contribution in [0.4, 0.5) is 5.69 Å². The Bertz CT molecular complexity index is 1210. The zero-order valence-electron chi connectivity index (χ0n) is 17.7. The Morgan fingerprint density at radius 2 is 1.84 bits per heavy atom. The quantitative estimate of drug-likeness (QED) is 0.356. The number of benzene rings is 2. The molecule has 8 heteroatoms. The first-order valence-electron chi connectivity index (χ1n) is 9.65. The van der Waals surface area contributed by atoms with E-state index in [1.54, 1.807) is 29.3 Å². The van der Waals surface area contributed by atoms with Crippen LogP contribution >= 0.6 is 22.9 Å². The molecule has 0 aliphatic rings. The molecule has 3 rings (SSSR count). The van der Waals surface area contributed by atoms with E-state index in [0.29, 0.717) is 17.1 Å². The van der Waals surface area contributed by atoms with Gasteiger partial charge < -0.3 is 5.73 Å². The van der Waals surface area contributed by atoms with Gasteiger partial charge in [0.05, 0.1) is 26.2 Å². The largest absolute Gasteiger partial charge is 0.325 e. The molecular formula is C23H26ClN3O2S2. The summed E-state index contributed by atoms with van der Waals surface area (Å²) in [7, 11) is -3.29. The molecule has 0 atom stereocenters. The molecule has 0 saturated carbocycles. The van der Waals surface area contributed by atoms with Gasteiger partial charge in [-0.25, -0.2) is 14.3 Å². The Hall–Kier alpha value is -2.16. The highest BCUT2D eigenvalue weighted by Crippen LogP contribution is 2.37. The van der Waals surface area contributed by atoms with Crippen LogP contribution in [0.15, 0.2) is 71.6 Å². The van der Waals surface area contributed by atoms with Crippen molar-refractivity contribution >= 4 is 44.2 Å². The van der Waals surface area contributed by atoms with E-state index in [1.165, 1.54) is 17.6 Å². The van der Waals surface area contributed by atoms with Gasteiger partial charge in [0.2, 0.25) is 0 Å². The molecule has 0 amide bonds. The first-order valence-corrected chi connectivity index (χ1v) is 12.7. The molecular weight excluding hydrogens is 450 g/mol. The molecule has 0 radical (unpaired) electrons. The van der Waals surface area contributed by atoms with Gasteiger partial charge in [-0.2, -0.15) is 0 Å². The first-order chi connectivity index (χ1) is 14.5. The van der Waals surface area contributed by atoms with Gasteiger partial charge in [-0.1, -0.05) is 41.9 Å². The molecule has 0 saturated heterocycles. The Morgan fingerprint density at radius 1 is 1.13 bits per heavy atom. The fourth-order valence-electron chi connectivity index (χ4n) is 2.96. The van der Waals surface area contributed by atoms with Gasteiger partial charge in [0.1, 0.15) is 0 Å². The predicted molar refractivity (Wildman–Crippen MR) is 132 cm³/mol. The van der Waals surface area contributed by atoms with Gasteiger partial charge in [-0.05, 0) is 62.2 Å². The zero-order chi connectivity index (χ0) is 22.8. The molecule has 0 unspecified atom stereocenters. The van der Waals surface area contributed by atoms with E-state index in [9.17, 15) is 8.42 Å². The number of hydrazine groups is 1. The van der Waals surface area contributed by atoms with Crippen LogP contribution in [-0.2, 0) is 9.84 Å². The van der Waals surface area contributed by atoms with Crippen molar-refractivity contribution in [3.63, 3.8) is 0 Å². The van der Waals surface area contributed by atoms with Crippen molar-refractivity contribution in [1.82, 2.24) is 0 Å². The van der Waals surface area contributed by atoms with Gasteiger partial charge in [-0.15, -0.1) is 11.3 Å². The first kappa shape index (κ1) is 23.5. The number of hydrogen-bond donors (Lipinski definition) is 2. The lowest BCUT2D eigenvalue weighted by atomic mass is 10.0. The fraction of sp³-hybridized carbons (Fsp3) is 0.217. The zero-order valence-corrected chi connectivity index (χ0v) is 20.1. The number of para-hydroxylation sites is 1. The molecule has 0 aliphatic heterocycles. The highest BCUT2D eigenvalue weighted by atomic mass is 35.5. The summed E-state index contributed by atoms with van der Waals surface area (Å²) in [6.07, 6.45) is 3.82. The number of nitrogens with zero attached hydrogens (tertiary/aromatic N) is 1. The second-order valence-electron chi connectivity index (χ2n) is 8.07. The minimum absolute atomic E-state index is 0.289. The highest BCUT2D eigenvalue weighted by molar-refractivity contribution is 7.90. The third-order valence-electron chi connectivity index (χ3n) is 4.60. The number of halogens is 1. The monoisotopic (exact) mass is 475 g/mol. The summed E-state index contributed by atoms with van der Waals surface area (Å²) in [5.41, 5.74) is 8.09. The maximum absolute atomic E-state index is 11.9. The summed E-state index contributed by atoms with van der Waals surface area (Å²) in [5.74, 6) is 6.50. The summed E-state index contributed by atoms with van der Waals surface area (Å²) in [5, 5.41) is 2.11. The molecule has 3 aromatic rings. The SMILES string of the molecule is CC(C)(N)C/C=C(/c1ccc(-c2cccc(S(C)(=O)=O)c2)s1)N(N)c1ccccc1Cl. The van der Waals surface area contributed by atoms with Gasteiger partial charge in [0, 0.05) is 16.7 Å². The molecule has 1 aromatic heterocycles. The van der Waals surface area contributed by atoms with Crippen molar-refractivity contribution < 1.29 is 8.42 Å². The van der Waals surface area contributed by atoms with Crippen molar-refractivity contribution in [3.8, 4) is 10.4 Å². The number of nitrogens with two attached hydrogens (primary N) is 2. The summed E-state index contributed by atoms with van der Waals surface area (Å²) < 4.78 is 23.9. The molecule has 4 N–H and O–H groups in total. The number of thiophene rings is 1. The molecule has 5 nitrogen and oxygen atoms in total. The normalized spacial score (nSPS) is 12.8. The lowest BCUT2D eigenvalue weighted by Gasteiger charge is -2.24. The number of rotatable bonds is 7. The molecule has 31 heavy (non-hydrogen) atoms. The lowest BCUT2D eigenvalue weighted by molar-refractivity contribution is 0.528. The maximum Gasteiger partial charge on any atom is 0.175 e. The summed E-state index contributed by atoms with van der Waals surface area (Å²) in [6, 6.07) is 18.2. The molecule has 164 valence electrons. The van der Waals surface area contributed by atoms with Crippen molar-refractivity contribution in [2.75, 3.05) is 11.3 Å². The summed E-state index contributed by atoms with van der Waals surface area (Å²) >= 11 is 7.90. The fourth-order valence-corrected chi connectivity index (χ4v) is 4.90. The van der Waals surface area contributed by atoms with Gasteiger partial charge >= 0.3 is 0 Å². The van der Waals surface area contributed by atoms with Crippen molar-refractivity contribution in [2.45, 2.75) is 30.7 Å². The Labute approximate surface area is 192 Å². The van der Waals surface area contributed by atoms with E-state index < -0.39 is 15.4 Å². The third kappa shape index (κ3) is 5.96. The predicted octanol–water partition coefficient (Wildman–Crippen LogP) is 5.32. The van der Waals surface area contributed by atoms with E-state index in [2.05, 4.69) is 0 Å². The molecule has 0 spiro atoms. The average molecular weight is 476 g/mol. The average Bonchev–Trinajstić information content (AvgIpc) is 3.17. The van der Waals surface area contributed by atoms with Crippen molar-refractivity contribution in [3.05, 3.63) is 76.6 Å². The molecule has 0 bridgehead atoms. The van der Waals surface area contributed by atoms with Crippen LogP contribution in [0.5, 0.6) is 0 Å². The highest BCUT2D eigenvalue weighted by Gasteiger charge is 2.18. The van der Waals surface area contributed by atoms with E-state index in [1.807, 2.05) is 56.3 Å². The van der Waals surface area contributed by atoms with Crippen LogP contribution in [0, 0.1) is 0 Å². The number of sulfone groups is 1. The van der Waals surface area contributed by atoms with Gasteiger partial charge in [0.15, 0.2) is 9.84 Å². The van der Waals surface area contributed by atoms with E-state index in [0.717, 1.165) is 21.0 Å². The second kappa shape index (κ2) is 9.14. The maximum atomic E-state index is 11.9. The number of anilines is 1. The second-order valence-corrected chi connectivity index (χ2v) is 11.6. The molecule has 0 aliphatic carbocycles. The van der Waals surface area contributed by atoms with Crippen LogP contribution in [0.1, 0.15) is 25.1 Å². The summed E-state index contributed by atoms with van der Waals surface area (Å²) in [4.78, 5) is 2.15. The standard InChI is InChI=1S/C23H26ClN3O2S2/c1-23(2,25)14-13-20(27(26)19-10-5-4-9-18(19)24)22-12-11-21(30-22)16-7-6-8-17(15-16)31(3,28)29/h4-13,15H,14,25-26H2,1-3H3/b20-13-. The van der Waals surface area contributed by atoms with E-state index in [4.69, 9.17) is 23.2 Å². The third-order valence-corrected chi connectivity index (χ3v) is 7.18. The van der Waals surface area contributed by atoms with Crippen molar-refractivity contribution in [2.24, 2.45) is 11.6 Å². The van der Waals surface area contributed by atoms with Gasteiger partial charge in [-0.3, -0.25) is 5.01 Å². The minimum atomic E-state index is -3.29. The Morgan fingerprint density at radius 3 is 2.48 bits per heavy atom. The van der Waals surface area contributed by atoms with Crippen LogP contribution < -0.4 is 16.6 Å². The van der Waals surface area contributed by atoms with Crippen LogP contribution in [0.3, 0.4) is 0 Å². The summed E-state index contributed by atoms with van der Waals surface area (Å²) in [6.45, 7) is 3.90. The lowest BCUT2D eigenvalue weighted by Crippen LogP contribution is -2.33. The van der Waals surface area contributed by atoms with E-state index >= 15 is 0 Å². The van der Waals surface area contributed by atoms with Crippen LogP contribution in [-0.4, -0.2) is 20.2 Å². The molecule has 1 heterocycles. The Balaban J connectivity index is 2.04. The molecule has 2 aromatic carbocycles. The Kier molecular flexibility index (Phi) is 6.93. The molecule has 0 fully saturated rings. The minimum Gasteiger partial charge on any atom is -0.325 e. The van der Waals surface area contributed by atoms with Crippen molar-refractivity contribution in [1.29, 1.82) is 0 Å². The number of hydrogen-bond acceptors (Lipinski definition) is 6. The smallest absolute Gasteiger partial charge is 0.175 e. The van der Waals surface area contributed by atoms with E-state index in [-0.39, 0.29) is 4.90 Å². The van der Waals surface area contributed by atoms with Gasteiger partial charge in [0.25, 0.3) is 0 Å². The van der Waals surface area contributed by atoms with Crippen LogP contribution in [0.2, 0.25) is 5.02 Å². The topological polar surface area (TPSA) is 89.4 Å².